The average Bonchev–Trinajstić information content (AvgIpc) is 2.84. The number of hydrogen-bond donors (Lipinski definition) is 1. The maximum atomic E-state index is 12.5. The highest BCUT2D eigenvalue weighted by Crippen LogP contribution is 2.23. The molecule has 1 heterocycles. The number of aryl methyl sites for hydroxylation is 1. The Kier molecular flexibility index (Phi) is 4.53. The molecule has 0 aliphatic carbocycles. The van der Waals surface area contributed by atoms with E-state index in [9.17, 15) is 9.59 Å². The van der Waals surface area contributed by atoms with E-state index in [-0.39, 0.29) is 18.2 Å². The van der Waals surface area contributed by atoms with Crippen molar-refractivity contribution in [1.29, 1.82) is 0 Å². The summed E-state index contributed by atoms with van der Waals surface area (Å²) < 4.78 is 0. The lowest BCUT2D eigenvalue weighted by Crippen LogP contribution is -2.39. The molecular formula is C19H20N2O2. The second kappa shape index (κ2) is 6.75. The van der Waals surface area contributed by atoms with Crippen LogP contribution in [0.3, 0.4) is 0 Å². The summed E-state index contributed by atoms with van der Waals surface area (Å²) in [4.78, 5) is 26.0. The van der Waals surface area contributed by atoms with E-state index >= 15 is 0 Å². The molecule has 3 rings (SSSR count). The molecule has 0 unspecified atom stereocenters. The van der Waals surface area contributed by atoms with Crippen LogP contribution in [0, 0.1) is 6.92 Å². The van der Waals surface area contributed by atoms with E-state index in [4.69, 9.17) is 0 Å². The molecule has 1 fully saturated rings. The van der Waals surface area contributed by atoms with E-state index in [1.165, 1.54) is 10.5 Å². The van der Waals surface area contributed by atoms with Crippen molar-refractivity contribution in [2.75, 3.05) is 11.4 Å². The van der Waals surface area contributed by atoms with Gasteiger partial charge in [-0.1, -0.05) is 48.0 Å². The van der Waals surface area contributed by atoms with Gasteiger partial charge in [0.15, 0.2) is 0 Å². The molecule has 118 valence electrons. The Bertz CT molecular complexity index is 695. The average molecular weight is 308 g/mol. The van der Waals surface area contributed by atoms with Crippen molar-refractivity contribution in [1.82, 2.24) is 5.32 Å². The van der Waals surface area contributed by atoms with Crippen LogP contribution < -0.4 is 10.2 Å². The van der Waals surface area contributed by atoms with E-state index in [1.54, 1.807) is 0 Å². The first-order valence-electron chi connectivity index (χ1n) is 7.86. The summed E-state index contributed by atoms with van der Waals surface area (Å²) in [6, 6.07) is 17.1. The van der Waals surface area contributed by atoms with E-state index in [1.807, 2.05) is 49.4 Å². The molecule has 0 spiro atoms. The van der Waals surface area contributed by atoms with Crippen LogP contribution in [0.25, 0.3) is 0 Å². The largest absolute Gasteiger partial charge is 0.305 e. The van der Waals surface area contributed by atoms with Crippen LogP contribution >= 0.6 is 0 Å². The fraction of sp³-hybridized carbons (Fsp3) is 0.263. The monoisotopic (exact) mass is 308 g/mol. The van der Waals surface area contributed by atoms with E-state index < -0.39 is 6.04 Å². The van der Waals surface area contributed by atoms with E-state index in [0.717, 1.165) is 12.0 Å². The SMILES string of the molecule is Cc1ccc(N2C(=O)C[C@H](NCCc3ccccc3)C2=O)cc1. The molecule has 2 aromatic rings. The van der Waals surface area contributed by atoms with Crippen LogP contribution in [0.1, 0.15) is 17.5 Å². The van der Waals surface area contributed by atoms with Crippen molar-refractivity contribution < 1.29 is 9.59 Å². The minimum atomic E-state index is -0.424. The van der Waals surface area contributed by atoms with Crippen molar-refractivity contribution in [2.45, 2.75) is 25.8 Å². The maximum Gasteiger partial charge on any atom is 0.251 e. The van der Waals surface area contributed by atoms with Gasteiger partial charge in [0.25, 0.3) is 5.91 Å². The molecule has 1 aliphatic rings. The van der Waals surface area contributed by atoms with Gasteiger partial charge in [-0.2, -0.15) is 0 Å². The Labute approximate surface area is 136 Å². The fourth-order valence-corrected chi connectivity index (χ4v) is 2.79. The molecule has 0 bridgehead atoms. The first-order valence-corrected chi connectivity index (χ1v) is 7.86. The first kappa shape index (κ1) is 15.4. The molecule has 1 saturated heterocycles. The van der Waals surface area contributed by atoms with Crippen LogP contribution in [0.5, 0.6) is 0 Å². The quantitative estimate of drug-likeness (QED) is 0.863. The zero-order valence-corrected chi connectivity index (χ0v) is 13.2. The summed E-state index contributed by atoms with van der Waals surface area (Å²) in [7, 11) is 0. The highest BCUT2D eigenvalue weighted by atomic mass is 16.2. The predicted molar refractivity (Wildman–Crippen MR) is 90.2 cm³/mol. The molecule has 1 N–H and O–H groups in total. The van der Waals surface area contributed by atoms with Crippen molar-refractivity contribution in [3.05, 3.63) is 65.7 Å². The zero-order chi connectivity index (χ0) is 16.2. The standard InChI is InChI=1S/C19H20N2O2/c1-14-7-9-16(10-8-14)21-18(22)13-17(19(21)23)20-12-11-15-5-3-2-4-6-15/h2-10,17,20H,11-13H2,1H3/t17-/m0/s1. The number of hydrogen-bond acceptors (Lipinski definition) is 3. The van der Waals surface area contributed by atoms with Crippen molar-refractivity contribution in [3.8, 4) is 0 Å². The highest BCUT2D eigenvalue weighted by molar-refractivity contribution is 6.22. The third kappa shape index (κ3) is 3.48. The van der Waals surface area contributed by atoms with Crippen LogP contribution in [-0.4, -0.2) is 24.4 Å². The van der Waals surface area contributed by atoms with Crippen LogP contribution in [0.4, 0.5) is 5.69 Å². The normalized spacial score (nSPS) is 17.8. The van der Waals surface area contributed by atoms with Gasteiger partial charge in [-0.3, -0.25) is 9.59 Å². The van der Waals surface area contributed by atoms with E-state index in [0.29, 0.717) is 12.2 Å². The molecule has 1 atom stereocenters. The summed E-state index contributed by atoms with van der Waals surface area (Å²) in [6.07, 6.45) is 1.06. The molecule has 4 heteroatoms. The number of imide groups is 1. The smallest absolute Gasteiger partial charge is 0.251 e. The second-order valence-electron chi connectivity index (χ2n) is 5.85. The number of benzene rings is 2. The Hall–Kier alpha value is -2.46. The molecule has 0 aromatic heterocycles. The number of carbonyl (C=O) groups excluding carboxylic acids is 2. The number of rotatable bonds is 5. The maximum absolute atomic E-state index is 12.5. The van der Waals surface area contributed by atoms with Gasteiger partial charge in [-0.15, -0.1) is 0 Å². The number of anilines is 1. The molecule has 23 heavy (non-hydrogen) atoms. The first-order chi connectivity index (χ1) is 11.1. The van der Waals surface area contributed by atoms with Crippen LogP contribution in [0.15, 0.2) is 54.6 Å². The molecule has 2 aromatic carbocycles. The Morgan fingerprint density at radius 1 is 1.04 bits per heavy atom. The van der Waals surface area contributed by atoms with Gasteiger partial charge in [0.1, 0.15) is 0 Å². The van der Waals surface area contributed by atoms with Gasteiger partial charge in [-0.25, -0.2) is 4.90 Å². The summed E-state index contributed by atoms with van der Waals surface area (Å²) in [5.41, 5.74) is 2.97. The van der Waals surface area contributed by atoms with Gasteiger partial charge < -0.3 is 5.32 Å². The van der Waals surface area contributed by atoms with Crippen molar-refractivity contribution >= 4 is 17.5 Å². The topological polar surface area (TPSA) is 49.4 Å². The lowest BCUT2D eigenvalue weighted by Gasteiger charge is -2.15. The fourth-order valence-electron chi connectivity index (χ4n) is 2.79. The molecule has 4 nitrogen and oxygen atoms in total. The Balaban J connectivity index is 1.61. The van der Waals surface area contributed by atoms with Crippen molar-refractivity contribution in [3.63, 3.8) is 0 Å². The van der Waals surface area contributed by atoms with Gasteiger partial charge in [0.2, 0.25) is 5.91 Å². The number of nitrogens with one attached hydrogen (secondary N) is 1. The third-order valence-corrected chi connectivity index (χ3v) is 4.09. The van der Waals surface area contributed by atoms with Crippen LogP contribution in [0.2, 0.25) is 0 Å². The molecule has 2 amide bonds. The molecule has 0 radical (unpaired) electrons. The Morgan fingerprint density at radius 2 is 1.74 bits per heavy atom. The lowest BCUT2D eigenvalue weighted by molar-refractivity contribution is -0.121. The minimum absolute atomic E-state index is 0.143. The van der Waals surface area contributed by atoms with Gasteiger partial charge in [0.05, 0.1) is 18.2 Å². The number of nitrogens with zero attached hydrogens (tertiary/aromatic N) is 1. The Morgan fingerprint density at radius 3 is 2.43 bits per heavy atom. The van der Waals surface area contributed by atoms with Gasteiger partial charge in [0, 0.05) is 0 Å². The van der Waals surface area contributed by atoms with E-state index in [2.05, 4.69) is 17.4 Å². The summed E-state index contributed by atoms with van der Waals surface area (Å²) in [5.74, 6) is -0.303. The minimum Gasteiger partial charge on any atom is -0.305 e. The number of carbonyl (C=O) groups is 2. The highest BCUT2D eigenvalue weighted by Gasteiger charge is 2.38. The molecule has 1 aliphatic heterocycles. The molecule has 0 saturated carbocycles. The summed E-state index contributed by atoms with van der Waals surface area (Å²) >= 11 is 0. The third-order valence-electron chi connectivity index (χ3n) is 4.09. The summed E-state index contributed by atoms with van der Waals surface area (Å²) in [5, 5.41) is 3.21. The van der Waals surface area contributed by atoms with Gasteiger partial charge in [-0.05, 0) is 37.6 Å². The number of amides is 2. The predicted octanol–water partition coefficient (Wildman–Crippen LogP) is 2.46. The van der Waals surface area contributed by atoms with Crippen LogP contribution in [-0.2, 0) is 16.0 Å². The zero-order valence-electron chi connectivity index (χ0n) is 13.2. The van der Waals surface area contributed by atoms with Gasteiger partial charge >= 0.3 is 0 Å². The summed E-state index contributed by atoms with van der Waals surface area (Å²) in [6.45, 7) is 2.65. The second-order valence-corrected chi connectivity index (χ2v) is 5.85. The molecular weight excluding hydrogens is 288 g/mol. The van der Waals surface area contributed by atoms with Crippen molar-refractivity contribution in [2.24, 2.45) is 0 Å². The lowest BCUT2D eigenvalue weighted by atomic mass is 10.1.